The van der Waals surface area contributed by atoms with Gasteiger partial charge in [-0.25, -0.2) is 0 Å². The van der Waals surface area contributed by atoms with Crippen molar-refractivity contribution in [2.45, 2.75) is 98.2 Å². The van der Waals surface area contributed by atoms with Gasteiger partial charge < -0.3 is 15.3 Å². The molecule has 4 saturated carbocycles. The van der Waals surface area contributed by atoms with E-state index in [0.717, 1.165) is 25.7 Å². The molecule has 0 amide bonds. The van der Waals surface area contributed by atoms with Crippen molar-refractivity contribution in [3.05, 3.63) is 0 Å². The van der Waals surface area contributed by atoms with Gasteiger partial charge in [0.1, 0.15) is 0 Å². The van der Waals surface area contributed by atoms with Crippen molar-refractivity contribution in [3.63, 3.8) is 0 Å². The normalized spacial score (nSPS) is 51.2. The molecule has 4 nitrogen and oxygen atoms in total. The molecule has 0 saturated heterocycles. The van der Waals surface area contributed by atoms with Crippen molar-refractivity contribution in [1.82, 2.24) is 0 Å². The Labute approximate surface area is 182 Å². The van der Waals surface area contributed by atoms with Crippen LogP contribution in [0.25, 0.3) is 0 Å². The van der Waals surface area contributed by atoms with Crippen LogP contribution in [0.15, 0.2) is 0 Å². The van der Waals surface area contributed by atoms with Crippen molar-refractivity contribution < 1.29 is 20.1 Å². The zero-order valence-corrected chi connectivity index (χ0v) is 19.7. The van der Waals surface area contributed by atoms with Gasteiger partial charge in [-0.15, -0.1) is 0 Å². The third-order valence-corrected chi connectivity index (χ3v) is 11.4. The second-order valence-electron chi connectivity index (χ2n) is 12.3. The molecule has 12 atom stereocenters. The second-order valence-corrected chi connectivity index (χ2v) is 12.3. The third-order valence-electron chi connectivity index (χ3n) is 11.4. The molecule has 4 fully saturated rings. The van der Waals surface area contributed by atoms with Crippen LogP contribution in [0.2, 0.25) is 0 Å². The lowest BCUT2D eigenvalue weighted by Crippen LogP contribution is -2.58. The molecule has 4 rings (SSSR count). The van der Waals surface area contributed by atoms with Crippen molar-refractivity contribution >= 4 is 5.97 Å². The number of rotatable bonds is 4. The van der Waals surface area contributed by atoms with Gasteiger partial charge in [-0.1, -0.05) is 34.6 Å². The highest BCUT2D eigenvalue weighted by atomic mass is 16.4. The average molecular weight is 421 g/mol. The first-order valence-electron chi connectivity index (χ1n) is 12.6. The fourth-order valence-corrected chi connectivity index (χ4v) is 9.15. The van der Waals surface area contributed by atoms with E-state index in [1.165, 1.54) is 25.7 Å². The lowest BCUT2D eigenvalue weighted by Gasteiger charge is -2.62. The molecule has 0 aromatic carbocycles. The molecule has 3 unspecified atom stereocenters. The minimum atomic E-state index is -0.682. The summed E-state index contributed by atoms with van der Waals surface area (Å²) in [5, 5.41) is 31.1. The lowest BCUT2D eigenvalue weighted by atomic mass is 9.43. The standard InChI is InChI=1S/C26H44O4/c1-14(16(3)24(29)30)15(2)19-6-7-20-23-21(9-11-26(19,20)5)25(4)10-8-18(27)12-17(25)13-22(23)28/h14-23,27-28H,6-13H2,1-5H3,(H,29,30)/t14-,15-,16-,17+,18-,19-,20?,21?,22-,23?,25+,26-/m1/s1. The van der Waals surface area contributed by atoms with Crippen LogP contribution in [0.5, 0.6) is 0 Å². The van der Waals surface area contributed by atoms with Gasteiger partial charge in [0.05, 0.1) is 18.1 Å². The van der Waals surface area contributed by atoms with Crippen LogP contribution in [-0.2, 0) is 4.79 Å². The predicted octanol–water partition coefficient (Wildman–Crippen LogP) is 4.97. The summed E-state index contributed by atoms with van der Waals surface area (Å²) < 4.78 is 0. The molecule has 4 heteroatoms. The number of aliphatic hydroxyl groups excluding tert-OH is 2. The summed E-state index contributed by atoms with van der Waals surface area (Å²) in [7, 11) is 0. The topological polar surface area (TPSA) is 77.8 Å². The number of fused-ring (bicyclic) bond motifs is 5. The summed E-state index contributed by atoms with van der Waals surface area (Å²) in [5.74, 6) is 2.06. The Morgan fingerprint density at radius 1 is 0.900 bits per heavy atom. The maximum atomic E-state index is 11.6. The molecule has 0 aliphatic heterocycles. The van der Waals surface area contributed by atoms with Crippen molar-refractivity contribution in [3.8, 4) is 0 Å². The van der Waals surface area contributed by atoms with Crippen LogP contribution >= 0.6 is 0 Å². The molecular formula is C26H44O4. The number of carboxylic acids is 1. The molecule has 0 spiro atoms. The summed E-state index contributed by atoms with van der Waals surface area (Å²) in [6.45, 7) is 11.2. The fourth-order valence-electron chi connectivity index (χ4n) is 9.15. The molecular weight excluding hydrogens is 376 g/mol. The van der Waals surface area contributed by atoms with Crippen molar-refractivity contribution in [2.75, 3.05) is 0 Å². The van der Waals surface area contributed by atoms with E-state index in [-0.39, 0.29) is 34.9 Å². The van der Waals surface area contributed by atoms with E-state index in [2.05, 4.69) is 27.7 Å². The van der Waals surface area contributed by atoms with Crippen molar-refractivity contribution in [2.24, 2.45) is 58.2 Å². The Bertz CT molecular complexity index is 663. The largest absolute Gasteiger partial charge is 0.481 e. The van der Waals surface area contributed by atoms with E-state index >= 15 is 0 Å². The second kappa shape index (κ2) is 7.76. The zero-order valence-electron chi connectivity index (χ0n) is 19.7. The van der Waals surface area contributed by atoms with Gasteiger partial charge >= 0.3 is 5.97 Å². The molecule has 0 radical (unpaired) electrons. The summed E-state index contributed by atoms with van der Waals surface area (Å²) in [6, 6.07) is 0. The van der Waals surface area contributed by atoms with E-state index in [1.54, 1.807) is 0 Å². The Morgan fingerprint density at radius 3 is 2.20 bits per heavy atom. The van der Waals surface area contributed by atoms with Gasteiger partial charge in [-0.2, -0.15) is 0 Å². The first kappa shape index (κ1) is 22.6. The van der Waals surface area contributed by atoms with Gasteiger partial charge in [0, 0.05) is 0 Å². The predicted molar refractivity (Wildman–Crippen MR) is 118 cm³/mol. The molecule has 30 heavy (non-hydrogen) atoms. The van der Waals surface area contributed by atoms with Gasteiger partial charge in [0.15, 0.2) is 0 Å². The number of aliphatic carboxylic acids is 1. The summed E-state index contributed by atoms with van der Waals surface area (Å²) in [6.07, 6.45) is 8.06. The molecule has 0 bridgehead atoms. The van der Waals surface area contributed by atoms with Crippen LogP contribution in [0, 0.1) is 58.2 Å². The fraction of sp³-hybridized carbons (Fsp3) is 0.962. The number of aliphatic hydroxyl groups is 2. The molecule has 0 aromatic rings. The maximum absolute atomic E-state index is 11.6. The Kier molecular flexibility index (Phi) is 5.84. The van der Waals surface area contributed by atoms with Crippen LogP contribution in [-0.4, -0.2) is 33.5 Å². The minimum absolute atomic E-state index is 0.166. The smallest absolute Gasteiger partial charge is 0.306 e. The molecule has 0 aromatic heterocycles. The van der Waals surface area contributed by atoms with Gasteiger partial charge in [-0.05, 0) is 104 Å². The van der Waals surface area contributed by atoms with E-state index in [1.807, 2.05) is 6.92 Å². The molecule has 172 valence electrons. The third kappa shape index (κ3) is 3.27. The highest BCUT2D eigenvalue weighted by Crippen LogP contribution is 2.68. The van der Waals surface area contributed by atoms with Crippen LogP contribution < -0.4 is 0 Å². The quantitative estimate of drug-likeness (QED) is 0.600. The molecule has 3 N–H and O–H groups in total. The highest BCUT2D eigenvalue weighted by Gasteiger charge is 2.63. The maximum Gasteiger partial charge on any atom is 0.306 e. The van der Waals surface area contributed by atoms with Crippen LogP contribution in [0.1, 0.15) is 86.0 Å². The van der Waals surface area contributed by atoms with Crippen LogP contribution in [0.4, 0.5) is 0 Å². The molecule has 0 heterocycles. The first-order chi connectivity index (χ1) is 14.0. The van der Waals surface area contributed by atoms with Crippen LogP contribution in [0.3, 0.4) is 0 Å². The highest BCUT2D eigenvalue weighted by molar-refractivity contribution is 5.69. The Hall–Kier alpha value is -0.610. The van der Waals surface area contributed by atoms with E-state index < -0.39 is 5.97 Å². The SMILES string of the molecule is C[C@H]([C@@H](C)[C@@H](C)C(=O)O)[C@H]1CCC2C3C(CC[C@@]21C)[C@@]1(C)CC[C@@H](O)C[C@H]1C[C@H]3O. The van der Waals surface area contributed by atoms with E-state index in [0.29, 0.717) is 35.5 Å². The summed E-state index contributed by atoms with van der Waals surface area (Å²) in [5.41, 5.74) is 0.477. The average Bonchev–Trinajstić information content (AvgIpc) is 3.04. The monoisotopic (exact) mass is 420 g/mol. The molecule has 4 aliphatic rings. The number of carboxylic acid groups (broad SMARTS) is 1. The Balaban J connectivity index is 1.58. The number of hydrogen-bond acceptors (Lipinski definition) is 3. The summed E-state index contributed by atoms with van der Waals surface area (Å²) >= 11 is 0. The summed E-state index contributed by atoms with van der Waals surface area (Å²) in [4.78, 5) is 11.6. The van der Waals surface area contributed by atoms with Gasteiger partial charge in [0.2, 0.25) is 0 Å². The lowest BCUT2D eigenvalue weighted by molar-refractivity contribution is -0.175. The van der Waals surface area contributed by atoms with E-state index in [4.69, 9.17) is 0 Å². The first-order valence-corrected chi connectivity index (χ1v) is 12.6. The van der Waals surface area contributed by atoms with Crippen molar-refractivity contribution in [1.29, 1.82) is 0 Å². The Morgan fingerprint density at radius 2 is 1.53 bits per heavy atom. The minimum Gasteiger partial charge on any atom is -0.481 e. The number of hydrogen-bond donors (Lipinski definition) is 3. The van der Waals surface area contributed by atoms with E-state index in [9.17, 15) is 20.1 Å². The van der Waals surface area contributed by atoms with Gasteiger partial charge in [0.25, 0.3) is 0 Å². The number of carbonyl (C=O) groups is 1. The molecule has 4 aliphatic carbocycles. The zero-order chi connectivity index (χ0) is 22.0. The van der Waals surface area contributed by atoms with Gasteiger partial charge in [-0.3, -0.25) is 4.79 Å².